The van der Waals surface area contributed by atoms with E-state index in [2.05, 4.69) is 10.3 Å². The van der Waals surface area contributed by atoms with Gasteiger partial charge in [0.15, 0.2) is 11.5 Å². The van der Waals surface area contributed by atoms with Gasteiger partial charge in [-0.3, -0.25) is 14.2 Å². The lowest BCUT2D eigenvalue weighted by Gasteiger charge is -2.23. The molecule has 3 N–H and O–H groups in total. The normalized spacial score (nSPS) is 14.4. The molecule has 1 saturated heterocycles. The molecule has 14 heteroatoms. The minimum Gasteiger partial charge on any atom is -0.493 e. The maximum atomic E-state index is 15.7. The number of benzene rings is 3. The third-order valence-corrected chi connectivity index (χ3v) is 8.24. The monoisotopic (exact) mass is 699 g/mol. The van der Waals surface area contributed by atoms with E-state index < -0.39 is 34.8 Å². The first-order valence-electron chi connectivity index (χ1n) is 16.1. The van der Waals surface area contributed by atoms with Crippen molar-refractivity contribution in [1.29, 1.82) is 0 Å². The van der Waals surface area contributed by atoms with E-state index in [4.69, 9.17) is 24.7 Å². The van der Waals surface area contributed by atoms with Gasteiger partial charge in [-0.15, -0.1) is 0 Å². The van der Waals surface area contributed by atoms with E-state index in [1.807, 2.05) is 6.07 Å². The van der Waals surface area contributed by atoms with Crippen LogP contribution in [0.25, 0.3) is 27.9 Å². The molecular formula is C37H35F2N5O7. The Kier molecular flexibility index (Phi) is 10.3. The van der Waals surface area contributed by atoms with Crippen LogP contribution in [-0.4, -0.2) is 59.7 Å². The molecule has 6 rings (SSSR count). The third kappa shape index (κ3) is 7.51. The predicted molar refractivity (Wildman–Crippen MR) is 187 cm³/mol. The number of methoxy groups -OCH3 is 1. The highest BCUT2D eigenvalue weighted by molar-refractivity contribution is 6.04. The van der Waals surface area contributed by atoms with Crippen LogP contribution in [0.3, 0.4) is 0 Å². The highest BCUT2D eigenvalue weighted by Gasteiger charge is 2.22. The fourth-order valence-corrected chi connectivity index (χ4v) is 5.56. The average molecular weight is 700 g/mol. The molecule has 12 nitrogen and oxygen atoms in total. The number of ether oxygens (including phenoxy) is 4. The van der Waals surface area contributed by atoms with Gasteiger partial charge >= 0.3 is 5.69 Å². The zero-order valence-corrected chi connectivity index (χ0v) is 28.0. The molecule has 0 radical (unpaired) electrons. The van der Waals surface area contributed by atoms with E-state index in [9.17, 15) is 18.8 Å². The Labute approximate surface area is 291 Å². The first kappa shape index (κ1) is 35.0. The Morgan fingerprint density at radius 2 is 1.78 bits per heavy atom. The zero-order chi connectivity index (χ0) is 36.2. The summed E-state index contributed by atoms with van der Waals surface area (Å²) >= 11 is 0. The van der Waals surface area contributed by atoms with E-state index in [1.54, 1.807) is 38.2 Å². The molecule has 51 heavy (non-hydrogen) atoms. The molecule has 0 spiro atoms. The largest absolute Gasteiger partial charge is 0.493 e. The number of hydrogen-bond donors (Lipinski definition) is 2. The van der Waals surface area contributed by atoms with Gasteiger partial charge in [-0.25, -0.2) is 23.1 Å². The first-order chi connectivity index (χ1) is 24.5. The van der Waals surface area contributed by atoms with Gasteiger partial charge in [-0.2, -0.15) is 0 Å². The van der Waals surface area contributed by atoms with Crippen LogP contribution in [0.5, 0.6) is 11.5 Å². The Morgan fingerprint density at radius 3 is 2.47 bits per heavy atom. The summed E-state index contributed by atoms with van der Waals surface area (Å²) in [6.45, 7) is 5.20. The number of nitrogens with two attached hydrogens (primary N) is 1. The van der Waals surface area contributed by atoms with Gasteiger partial charge in [0.05, 0.1) is 32.6 Å². The lowest BCUT2D eigenvalue weighted by molar-refractivity contribution is -0.101. The van der Waals surface area contributed by atoms with Crippen LogP contribution in [-0.2, 0) is 9.47 Å². The number of anilines is 2. The number of nitrogen functional groups attached to an aromatic ring is 1. The van der Waals surface area contributed by atoms with Gasteiger partial charge in [-0.1, -0.05) is 6.07 Å². The van der Waals surface area contributed by atoms with Gasteiger partial charge < -0.3 is 30.0 Å². The number of rotatable bonds is 10. The molecule has 2 aromatic heterocycles. The summed E-state index contributed by atoms with van der Waals surface area (Å²) in [5, 5.41) is 2.54. The number of amides is 1. The molecule has 0 saturated carbocycles. The number of nitrogens with zero attached hydrogens (tertiary/aromatic N) is 3. The number of nitrogens with one attached hydrogen (secondary N) is 1. The van der Waals surface area contributed by atoms with E-state index in [-0.39, 0.29) is 41.0 Å². The SMILES string of the molecule is COc1cc(-c2cnc(N)c(-c3ccc(NC(=O)c4cn(C(C)C)c(=O)n(-c5ccc(F)cc5)c4=O)cc3F)c2)ccc1OC[C@H]1COCCO1. The van der Waals surface area contributed by atoms with Gasteiger partial charge in [0.2, 0.25) is 0 Å². The third-order valence-electron chi connectivity index (χ3n) is 8.24. The number of hydrogen-bond acceptors (Lipinski definition) is 9. The lowest BCUT2D eigenvalue weighted by Crippen LogP contribution is -2.42. The zero-order valence-electron chi connectivity index (χ0n) is 28.0. The lowest BCUT2D eigenvalue weighted by atomic mass is 10.00. The highest BCUT2D eigenvalue weighted by atomic mass is 19.1. The molecule has 3 heterocycles. The highest BCUT2D eigenvalue weighted by Crippen LogP contribution is 2.36. The van der Waals surface area contributed by atoms with Crippen molar-refractivity contribution in [1.82, 2.24) is 14.1 Å². The van der Waals surface area contributed by atoms with E-state index >= 15 is 4.39 Å². The summed E-state index contributed by atoms with van der Waals surface area (Å²) < 4.78 is 53.8. The Morgan fingerprint density at radius 1 is 1.00 bits per heavy atom. The smallest absolute Gasteiger partial charge is 0.335 e. The summed E-state index contributed by atoms with van der Waals surface area (Å²) in [7, 11) is 1.52. The standard InChI is InChI=1S/C37H35F2N5O7/c1-21(2)43-18-30(36(46)44(37(43)47)26-8-5-24(38)6-9-26)35(45)42-25-7-10-28(31(39)16-25)29-14-23(17-41-34(29)40)22-4-11-32(33(15-22)48-3)51-20-27-19-49-12-13-50-27/h4-11,14-18,21,27H,12-13,19-20H2,1-3H3,(H2,40,41)(H,42,45)/t27-/m1/s1. The van der Waals surface area contributed by atoms with Crippen molar-refractivity contribution >= 4 is 17.4 Å². The summed E-state index contributed by atoms with van der Waals surface area (Å²) in [4.78, 5) is 44.2. The van der Waals surface area contributed by atoms with Crippen molar-refractivity contribution in [2.24, 2.45) is 0 Å². The first-order valence-corrected chi connectivity index (χ1v) is 16.1. The molecule has 1 fully saturated rings. The molecule has 1 atom stereocenters. The second-order valence-corrected chi connectivity index (χ2v) is 12.0. The molecule has 264 valence electrons. The molecular weight excluding hydrogens is 664 g/mol. The second-order valence-electron chi connectivity index (χ2n) is 12.0. The number of carbonyl (C=O) groups excluding carboxylic acids is 1. The Bertz CT molecular complexity index is 2200. The minimum absolute atomic E-state index is 0.0458. The maximum absolute atomic E-state index is 15.7. The fourth-order valence-electron chi connectivity index (χ4n) is 5.56. The van der Waals surface area contributed by atoms with Crippen LogP contribution in [0.4, 0.5) is 20.3 Å². The number of carbonyl (C=O) groups is 1. The van der Waals surface area contributed by atoms with Crippen LogP contribution in [0.1, 0.15) is 30.2 Å². The molecule has 1 aliphatic heterocycles. The van der Waals surface area contributed by atoms with Crippen LogP contribution >= 0.6 is 0 Å². The van der Waals surface area contributed by atoms with Crippen molar-refractivity contribution < 1.29 is 32.5 Å². The van der Waals surface area contributed by atoms with Gasteiger partial charge in [0, 0.05) is 40.8 Å². The molecule has 3 aromatic carbocycles. The summed E-state index contributed by atoms with van der Waals surface area (Å²) in [6.07, 6.45) is 2.53. The van der Waals surface area contributed by atoms with E-state index in [1.165, 1.54) is 35.9 Å². The molecule has 0 aliphatic carbocycles. The van der Waals surface area contributed by atoms with Crippen LogP contribution in [0.2, 0.25) is 0 Å². The minimum atomic E-state index is -0.919. The second kappa shape index (κ2) is 14.9. The Hall–Kier alpha value is -5.86. The van der Waals surface area contributed by atoms with Crippen molar-refractivity contribution in [3.63, 3.8) is 0 Å². The maximum Gasteiger partial charge on any atom is 0.335 e. The number of pyridine rings is 1. The van der Waals surface area contributed by atoms with E-state index in [0.29, 0.717) is 48.0 Å². The summed E-state index contributed by atoms with van der Waals surface area (Å²) in [6, 6.07) is 15.3. The van der Waals surface area contributed by atoms with Gasteiger partial charge in [-0.05, 0) is 80.1 Å². The van der Waals surface area contributed by atoms with Crippen molar-refractivity contribution in [2.45, 2.75) is 26.0 Å². The molecule has 0 bridgehead atoms. The molecule has 0 unspecified atom stereocenters. The average Bonchev–Trinajstić information content (AvgIpc) is 3.12. The van der Waals surface area contributed by atoms with Crippen molar-refractivity contribution in [3.05, 3.63) is 117 Å². The van der Waals surface area contributed by atoms with Gasteiger partial charge in [0.1, 0.15) is 35.7 Å². The quantitative estimate of drug-likeness (QED) is 0.200. The predicted octanol–water partition coefficient (Wildman–Crippen LogP) is 5.22. The molecule has 5 aromatic rings. The summed E-state index contributed by atoms with van der Waals surface area (Å²) in [5.74, 6) is -1.08. The van der Waals surface area contributed by atoms with Crippen LogP contribution in [0.15, 0.2) is 88.7 Å². The fraction of sp³-hybridized carbons (Fsp3) is 0.243. The number of halogens is 2. The van der Waals surface area contributed by atoms with Crippen molar-refractivity contribution in [2.75, 3.05) is 44.6 Å². The Balaban J connectivity index is 1.25. The number of aromatic nitrogens is 3. The molecule has 1 aliphatic rings. The topological polar surface area (TPSA) is 149 Å². The van der Waals surface area contributed by atoms with Gasteiger partial charge in [0.25, 0.3) is 11.5 Å². The van der Waals surface area contributed by atoms with E-state index in [0.717, 1.165) is 29.0 Å². The van der Waals surface area contributed by atoms with Crippen LogP contribution in [0, 0.1) is 11.6 Å². The summed E-state index contributed by atoms with van der Waals surface area (Å²) in [5.41, 5.74) is 6.09. The van der Waals surface area contributed by atoms with Crippen molar-refractivity contribution in [3.8, 4) is 39.4 Å². The van der Waals surface area contributed by atoms with Crippen LogP contribution < -0.4 is 31.8 Å². The molecule has 1 amide bonds.